The van der Waals surface area contributed by atoms with Crippen molar-refractivity contribution < 1.29 is 0 Å². The van der Waals surface area contributed by atoms with Gasteiger partial charge in [-0.05, 0) is 67.1 Å². The van der Waals surface area contributed by atoms with Gasteiger partial charge in [0.05, 0.1) is 10.7 Å². The summed E-state index contributed by atoms with van der Waals surface area (Å²) in [5.41, 5.74) is 6.58. The molecule has 0 radical (unpaired) electrons. The zero-order valence-corrected chi connectivity index (χ0v) is 17.5. The van der Waals surface area contributed by atoms with Gasteiger partial charge in [0.1, 0.15) is 0 Å². The summed E-state index contributed by atoms with van der Waals surface area (Å²) in [6.07, 6.45) is 8.94. The zero-order valence-electron chi connectivity index (χ0n) is 16.7. The molecule has 0 aromatic heterocycles. The van der Waals surface area contributed by atoms with Gasteiger partial charge in [-0.2, -0.15) is 0 Å². The minimum absolute atomic E-state index is 0.708. The number of benzene rings is 2. The van der Waals surface area contributed by atoms with Crippen molar-refractivity contribution >= 4 is 17.3 Å². The van der Waals surface area contributed by atoms with E-state index in [4.69, 9.17) is 11.6 Å². The summed E-state index contributed by atoms with van der Waals surface area (Å²) in [5.74, 6) is 0. The van der Waals surface area contributed by atoms with E-state index in [-0.39, 0.29) is 0 Å². The summed E-state index contributed by atoms with van der Waals surface area (Å²) in [7, 11) is 0. The molecule has 28 heavy (non-hydrogen) atoms. The topological polar surface area (TPSA) is 36.1 Å². The Morgan fingerprint density at radius 1 is 0.857 bits per heavy atom. The summed E-state index contributed by atoms with van der Waals surface area (Å²) in [6.45, 7) is 3.85. The summed E-state index contributed by atoms with van der Waals surface area (Å²) in [4.78, 5) is 0. The standard InChI is InChI=1S/C24H32ClN3/c25-23-11-10-20-12-14-26-15-13-22(20)24(23)28-17-19-8-6-18(7-9-19)16-27-21-4-2-1-3-5-21/h6-11,21,26-28H,1-5,12-17H2. The highest BCUT2D eigenvalue weighted by atomic mass is 35.5. The van der Waals surface area contributed by atoms with E-state index in [1.807, 2.05) is 6.07 Å². The van der Waals surface area contributed by atoms with Crippen LogP contribution in [0.1, 0.15) is 54.4 Å². The molecule has 1 saturated carbocycles. The Balaban J connectivity index is 1.35. The van der Waals surface area contributed by atoms with Crippen molar-refractivity contribution in [2.45, 2.75) is 64.1 Å². The second-order valence-corrected chi connectivity index (χ2v) is 8.60. The molecule has 0 unspecified atom stereocenters. The number of halogens is 1. The Kier molecular flexibility index (Phi) is 6.90. The molecular formula is C24H32ClN3. The molecule has 2 aliphatic rings. The van der Waals surface area contributed by atoms with Crippen LogP contribution >= 0.6 is 11.6 Å². The van der Waals surface area contributed by atoms with Crippen LogP contribution in [0.25, 0.3) is 0 Å². The molecule has 4 rings (SSSR count). The van der Waals surface area contributed by atoms with Crippen LogP contribution in [0, 0.1) is 0 Å². The van der Waals surface area contributed by atoms with Crippen molar-refractivity contribution in [1.29, 1.82) is 0 Å². The maximum atomic E-state index is 6.53. The molecule has 2 aromatic rings. The molecule has 1 aliphatic carbocycles. The third-order valence-electron chi connectivity index (χ3n) is 6.17. The minimum atomic E-state index is 0.708. The minimum Gasteiger partial charge on any atom is -0.380 e. The van der Waals surface area contributed by atoms with E-state index in [0.29, 0.717) is 6.04 Å². The normalized spacial score (nSPS) is 17.8. The maximum Gasteiger partial charge on any atom is 0.0640 e. The average molecular weight is 398 g/mol. The van der Waals surface area contributed by atoms with Gasteiger partial charge >= 0.3 is 0 Å². The first-order chi connectivity index (χ1) is 13.8. The Labute approximate surface area is 174 Å². The van der Waals surface area contributed by atoms with Gasteiger partial charge in [0.15, 0.2) is 0 Å². The Bertz CT molecular complexity index is 766. The largest absolute Gasteiger partial charge is 0.380 e. The summed E-state index contributed by atoms with van der Waals surface area (Å²) >= 11 is 6.53. The van der Waals surface area contributed by atoms with Gasteiger partial charge in [-0.3, -0.25) is 0 Å². The van der Waals surface area contributed by atoms with E-state index in [9.17, 15) is 0 Å². The second-order valence-electron chi connectivity index (χ2n) is 8.20. The van der Waals surface area contributed by atoms with E-state index < -0.39 is 0 Å². The lowest BCUT2D eigenvalue weighted by Crippen LogP contribution is -2.30. The third-order valence-corrected chi connectivity index (χ3v) is 6.49. The van der Waals surface area contributed by atoms with Gasteiger partial charge in [0.25, 0.3) is 0 Å². The maximum absolute atomic E-state index is 6.53. The SMILES string of the molecule is Clc1ccc2c(c1NCc1ccc(CNC3CCCCC3)cc1)CCNCC2. The third kappa shape index (κ3) is 5.08. The highest BCUT2D eigenvalue weighted by Crippen LogP contribution is 2.31. The lowest BCUT2D eigenvalue weighted by Gasteiger charge is -2.23. The van der Waals surface area contributed by atoms with Crippen molar-refractivity contribution in [2.75, 3.05) is 18.4 Å². The quantitative estimate of drug-likeness (QED) is 0.637. The van der Waals surface area contributed by atoms with Crippen molar-refractivity contribution in [1.82, 2.24) is 10.6 Å². The summed E-state index contributed by atoms with van der Waals surface area (Å²) in [6, 6.07) is 13.9. The molecular weight excluding hydrogens is 366 g/mol. The molecule has 1 fully saturated rings. The van der Waals surface area contributed by atoms with Gasteiger partial charge in [-0.25, -0.2) is 0 Å². The molecule has 0 bridgehead atoms. The number of fused-ring (bicyclic) bond motifs is 1. The van der Waals surface area contributed by atoms with Crippen molar-refractivity contribution in [3.8, 4) is 0 Å². The molecule has 2 aromatic carbocycles. The van der Waals surface area contributed by atoms with E-state index in [1.165, 1.54) is 54.4 Å². The first-order valence-corrected chi connectivity index (χ1v) is 11.2. The molecule has 1 aliphatic heterocycles. The van der Waals surface area contributed by atoms with Crippen LogP contribution in [0.5, 0.6) is 0 Å². The zero-order chi connectivity index (χ0) is 19.2. The van der Waals surface area contributed by atoms with Gasteiger partial charge in [-0.15, -0.1) is 0 Å². The number of hydrogen-bond acceptors (Lipinski definition) is 3. The Hall–Kier alpha value is -1.55. The molecule has 1 heterocycles. The fraction of sp³-hybridized carbons (Fsp3) is 0.500. The first kappa shape index (κ1) is 19.8. The molecule has 150 valence electrons. The van der Waals surface area contributed by atoms with Gasteiger partial charge < -0.3 is 16.0 Å². The van der Waals surface area contributed by atoms with Crippen LogP contribution in [0.3, 0.4) is 0 Å². The molecule has 3 N–H and O–H groups in total. The number of nitrogens with one attached hydrogen (secondary N) is 3. The van der Waals surface area contributed by atoms with Crippen molar-refractivity contribution in [3.63, 3.8) is 0 Å². The number of anilines is 1. The van der Waals surface area contributed by atoms with Gasteiger partial charge in [-0.1, -0.05) is 61.2 Å². The molecule has 0 atom stereocenters. The molecule has 0 amide bonds. The number of rotatable bonds is 6. The smallest absolute Gasteiger partial charge is 0.0640 e. The van der Waals surface area contributed by atoms with Crippen LogP contribution in [0.15, 0.2) is 36.4 Å². The van der Waals surface area contributed by atoms with E-state index in [2.05, 4.69) is 46.3 Å². The molecule has 3 nitrogen and oxygen atoms in total. The lowest BCUT2D eigenvalue weighted by molar-refractivity contribution is 0.372. The van der Waals surface area contributed by atoms with Crippen molar-refractivity contribution in [2.24, 2.45) is 0 Å². The Morgan fingerprint density at radius 3 is 2.36 bits per heavy atom. The average Bonchev–Trinajstić information content (AvgIpc) is 2.99. The Morgan fingerprint density at radius 2 is 1.57 bits per heavy atom. The van der Waals surface area contributed by atoms with Crippen LogP contribution in [-0.4, -0.2) is 19.1 Å². The van der Waals surface area contributed by atoms with Gasteiger partial charge in [0, 0.05) is 19.1 Å². The highest BCUT2D eigenvalue weighted by molar-refractivity contribution is 6.33. The van der Waals surface area contributed by atoms with E-state index >= 15 is 0 Å². The molecule has 4 heteroatoms. The lowest BCUT2D eigenvalue weighted by atomic mass is 9.95. The van der Waals surface area contributed by atoms with Crippen LogP contribution in [0.2, 0.25) is 5.02 Å². The fourth-order valence-electron chi connectivity index (χ4n) is 4.47. The van der Waals surface area contributed by atoms with E-state index in [1.54, 1.807) is 0 Å². The molecule has 0 spiro atoms. The van der Waals surface area contributed by atoms with Crippen LogP contribution in [0.4, 0.5) is 5.69 Å². The monoisotopic (exact) mass is 397 g/mol. The second kappa shape index (κ2) is 9.78. The highest BCUT2D eigenvalue weighted by Gasteiger charge is 2.15. The van der Waals surface area contributed by atoms with Crippen molar-refractivity contribution in [3.05, 3.63) is 63.7 Å². The van der Waals surface area contributed by atoms with E-state index in [0.717, 1.165) is 49.7 Å². The van der Waals surface area contributed by atoms with Crippen LogP contribution < -0.4 is 16.0 Å². The van der Waals surface area contributed by atoms with Crippen LogP contribution in [-0.2, 0) is 25.9 Å². The summed E-state index contributed by atoms with van der Waals surface area (Å²) in [5, 5.41) is 11.6. The predicted molar refractivity (Wildman–Crippen MR) is 119 cm³/mol. The first-order valence-electron chi connectivity index (χ1n) is 10.9. The predicted octanol–water partition coefficient (Wildman–Crippen LogP) is 5.06. The number of hydrogen-bond donors (Lipinski definition) is 3. The van der Waals surface area contributed by atoms with Gasteiger partial charge in [0.2, 0.25) is 0 Å². The fourth-order valence-corrected chi connectivity index (χ4v) is 4.71. The molecule has 0 saturated heterocycles. The summed E-state index contributed by atoms with van der Waals surface area (Å²) < 4.78 is 0.